The van der Waals surface area contributed by atoms with Gasteiger partial charge in [-0.05, 0) is 13.8 Å². The molecule has 0 spiro atoms. The van der Waals surface area contributed by atoms with Crippen LogP contribution < -0.4 is 0 Å². The summed E-state index contributed by atoms with van der Waals surface area (Å²) in [5, 5.41) is 0. The first-order valence-corrected chi connectivity index (χ1v) is 3.65. The van der Waals surface area contributed by atoms with Crippen LogP contribution in [0.4, 0.5) is 17.6 Å². The second kappa shape index (κ2) is 4.64. The fourth-order valence-corrected chi connectivity index (χ4v) is 0.846. The van der Waals surface area contributed by atoms with Crippen molar-refractivity contribution in [2.75, 3.05) is 13.3 Å². The Bertz CT molecular complexity index is 127. The molecule has 12 heavy (non-hydrogen) atoms. The largest absolute Gasteiger partial charge is 0.369 e. The lowest BCUT2D eigenvalue weighted by molar-refractivity contribution is -0.166. The molecule has 0 saturated carbocycles. The average Bonchev–Trinajstić information content (AvgIpc) is 1.99. The maximum Gasteiger partial charge on any atom is 0.304 e. The minimum atomic E-state index is -3.73. The van der Waals surface area contributed by atoms with Crippen molar-refractivity contribution in [2.45, 2.75) is 32.0 Å². The molecule has 0 aliphatic heterocycles. The Morgan fingerprint density at radius 3 is 2.17 bits per heavy atom. The van der Waals surface area contributed by atoms with Crippen LogP contribution in [0.25, 0.3) is 0 Å². The highest BCUT2D eigenvalue weighted by molar-refractivity contribution is 4.81. The molecule has 1 nitrogen and oxygen atoms in total. The molecule has 0 aromatic heterocycles. The predicted octanol–water partition coefficient (Wildman–Crippen LogP) is 2.35. The van der Waals surface area contributed by atoms with E-state index in [0.29, 0.717) is 0 Å². The van der Waals surface area contributed by atoms with Gasteiger partial charge in [0.05, 0.1) is 0 Å². The van der Waals surface area contributed by atoms with E-state index in [-0.39, 0.29) is 6.61 Å². The zero-order valence-corrected chi connectivity index (χ0v) is 6.99. The Kier molecular flexibility index (Phi) is 4.52. The van der Waals surface area contributed by atoms with Gasteiger partial charge in [-0.25, -0.2) is 17.6 Å². The molecule has 0 radical (unpaired) electrons. The van der Waals surface area contributed by atoms with Gasteiger partial charge in [-0.15, -0.1) is 0 Å². The fourth-order valence-electron chi connectivity index (χ4n) is 0.846. The second-order valence-electron chi connectivity index (χ2n) is 2.45. The van der Waals surface area contributed by atoms with E-state index in [2.05, 4.69) is 4.74 Å². The smallest absolute Gasteiger partial charge is 0.304 e. The van der Waals surface area contributed by atoms with Gasteiger partial charge < -0.3 is 4.74 Å². The lowest BCUT2D eigenvalue weighted by atomic mass is 10.1. The Morgan fingerprint density at radius 1 is 1.42 bits per heavy atom. The van der Waals surface area contributed by atoms with Crippen molar-refractivity contribution in [2.24, 2.45) is 0 Å². The highest BCUT2D eigenvalue weighted by atomic mass is 19.3. The quantitative estimate of drug-likeness (QED) is 0.602. The Morgan fingerprint density at radius 2 is 1.92 bits per heavy atom. The normalized spacial score (nSPS) is 17.5. The summed E-state index contributed by atoms with van der Waals surface area (Å²) >= 11 is 0. The highest BCUT2D eigenvalue weighted by Gasteiger charge is 2.44. The van der Waals surface area contributed by atoms with Crippen LogP contribution in [-0.4, -0.2) is 31.5 Å². The Hall–Kier alpha value is -0.320. The molecular formula is C7H12F4O. The van der Waals surface area contributed by atoms with Crippen LogP contribution in [0.3, 0.4) is 0 Å². The van der Waals surface area contributed by atoms with Gasteiger partial charge in [-0.2, -0.15) is 0 Å². The number of halogens is 4. The van der Waals surface area contributed by atoms with Gasteiger partial charge in [0.1, 0.15) is 6.17 Å². The molecular weight excluding hydrogens is 176 g/mol. The molecule has 0 aliphatic rings. The summed E-state index contributed by atoms with van der Waals surface area (Å²) in [5.74, 6) is -3.73. The summed E-state index contributed by atoms with van der Waals surface area (Å²) < 4.78 is 53.6. The minimum absolute atomic E-state index is 0.0610. The molecule has 5 heteroatoms. The van der Waals surface area contributed by atoms with Crippen molar-refractivity contribution in [1.82, 2.24) is 0 Å². The first kappa shape index (κ1) is 11.7. The van der Waals surface area contributed by atoms with E-state index in [1.54, 1.807) is 0 Å². The van der Waals surface area contributed by atoms with E-state index in [4.69, 9.17) is 0 Å². The maximum atomic E-state index is 12.5. The third kappa shape index (κ3) is 2.97. The molecule has 0 N–H and O–H groups in total. The molecule has 0 saturated heterocycles. The predicted molar refractivity (Wildman–Crippen MR) is 36.9 cm³/mol. The first-order chi connectivity index (χ1) is 5.45. The van der Waals surface area contributed by atoms with Gasteiger partial charge in [-0.3, -0.25) is 0 Å². The van der Waals surface area contributed by atoms with Crippen molar-refractivity contribution in [3.63, 3.8) is 0 Å². The highest BCUT2D eigenvalue weighted by Crippen LogP contribution is 2.25. The van der Waals surface area contributed by atoms with E-state index in [1.807, 2.05) is 0 Å². The summed E-state index contributed by atoms with van der Waals surface area (Å²) in [4.78, 5) is 0. The molecule has 0 aromatic carbocycles. The lowest BCUT2D eigenvalue weighted by Gasteiger charge is -2.25. The van der Waals surface area contributed by atoms with Crippen molar-refractivity contribution < 1.29 is 22.3 Å². The lowest BCUT2D eigenvalue weighted by Crippen LogP contribution is -2.43. The van der Waals surface area contributed by atoms with Crippen LogP contribution in [0.1, 0.15) is 13.8 Å². The topological polar surface area (TPSA) is 9.23 Å². The van der Waals surface area contributed by atoms with Crippen molar-refractivity contribution in [3.05, 3.63) is 0 Å². The molecule has 74 valence electrons. The fraction of sp³-hybridized carbons (Fsp3) is 1.00. The molecule has 0 fully saturated rings. The van der Waals surface area contributed by atoms with Gasteiger partial charge in [0.25, 0.3) is 0 Å². The number of ether oxygens (including phenoxy) is 1. The number of alkyl halides is 4. The van der Waals surface area contributed by atoms with E-state index in [0.717, 1.165) is 6.92 Å². The average molecular weight is 188 g/mol. The van der Waals surface area contributed by atoms with Gasteiger partial charge >= 0.3 is 5.92 Å². The summed E-state index contributed by atoms with van der Waals surface area (Å²) in [6.07, 6.45) is -3.86. The summed E-state index contributed by atoms with van der Waals surface area (Å²) in [6.45, 7) is 0.411. The number of hydrogen-bond donors (Lipinski definition) is 0. The molecule has 0 aliphatic carbocycles. The minimum Gasteiger partial charge on any atom is -0.369 e. The third-order valence-electron chi connectivity index (χ3n) is 1.36. The first-order valence-electron chi connectivity index (χ1n) is 3.65. The molecule has 0 bridgehead atoms. The van der Waals surface area contributed by atoms with Crippen molar-refractivity contribution in [1.29, 1.82) is 0 Å². The molecule has 0 aromatic rings. The van der Waals surface area contributed by atoms with Crippen LogP contribution in [0.15, 0.2) is 0 Å². The van der Waals surface area contributed by atoms with E-state index < -0.39 is 24.9 Å². The monoisotopic (exact) mass is 188 g/mol. The van der Waals surface area contributed by atoms with Gasteiger partial charge in [0.2, 0.25) is 0 Å². The summed E-state index contributed by atoms with van der Waals surface area (Å²) in [6, 6.07) is 0. The summed E-state index contributed by atoms with van der Waals surface area (Å²) in [7, 11) is 0. The number of hydrogen-bond acceptors (Lipinski definition) is 1. The van der Waals surface area contributed by atoms with E-state index in [1.165, 1.54) is 6.92 Å². The Balaban J connectivity index is 4.27. The van der Waals surface area contributed by atoms with Crippen molar-refractivity contribution >= 4 is 0 Å². The van der Waals surface area contributed by atoms with E-state index in [9.17, 15) is 17.6 Å². The van der Waals surface area contributed by atoms with Gasteiger partial charge in [0, 0.05) is 6.61 Å². The maximum absolute atomic E-state index is 12.5. The zero-order chi connectivity index (χ0) is 9.78. The van der Waals surface area contributed by atoms with Crippen LogP contribution >= 0.6 is 0 Å². The standard InChI is InChI=1S/C7H12F4O/c1-3-12-6(5(2)9)7(10,11)4-8/h5-6H,3-4H2,1-2H3. The SMILES string of the molecule is CCOC(C(C)F)C(F)(F)CF. The van der Waals surface area contributed by atoms with Crippen LogP contribution in [0.2, 0.25) is 0 Å². The van der Waals surface area contributed by atoms with Crippen LogP contribution in [0, 0.1) is 0 Å². The zero-order valence-electron chi connectivity index (χ0n) is 6.99. The molecule has 2 unspecified atom stereocenters. The van der Waals surface area contributed by atoms with Crippen molar-refractivity contribution in [3.8, 4) is 0 Å². The second-order valence-corrected chi connectivity index (χ2v) is 2.45. The van der Waals surface area contributed by atoms with Crippen LogP contribution in [0.5, 0.6) is 0 Å². The van der Waals surface area contributed by atoms with Gasteiger partial charge in [-0.1, -0.05) is 0 Å². The molecule has 0 heterocycles. The van der Waals surface area contributed by atoms with Gasteiger partial charge in [0.15, 0.2) is 12.8 Å². The summed E-state index contributed by atoms with van der Waals surface area (Å²) in [5.41, 5.74) is 0. The van der Waals surface area contributed by atoms with Crippen LogP contribution in [-0.2, 0) is 4.74 Å². The molecule has 0 amide bonds. The Labute approximate surface area is 68.7 Å². The van der Waals surface area contributed by atoms with E-state index >= 15 is 0 Å². The molecule has 2 atom stereocenters. The third-order valence-corrected chi connectivity index (χ3v) is 1.36. The molecule has 0 rings (SSSR count). The number of rotatable bonds is 5.